The van der Waals surface area contributed by atoms with E-state index in [9.17, 15) is 13.2 Å². The molecule has 0 radical (unpaired) electrons. The Kier molecular flexibility index (Phi) is 4.41. The highest BCUT2D eigenvalue weighted by Gasteiger charge is 2.46. The molecule has 1 amide bonds. The number of likely N-dealkylation sites (tertiary alicyclic amines) is 1. The van der Waals surface area contributed by atoms with Gasteiger partial charge in [-0.1, -0.05) is 0 Å². The Labute approximate surface area is 121 Å². The minimum absolute atomic E-state index is 0.0859. The average Bonchev–Trinajstić information content (AvgIpc) is 2.71. The highest BCUT2D eigenvalue weighted by Crippen LogP contribution is 2.37. The second kappa shape index (κ2) is 5.61. The van der Waals surface area contributed by atoms with Crippen LogP contribution >= 0.6 is 0 Å². The van der Waals surface area contributed by atoms with E-state index in [2.05, 4.69) is 4.90 Å². The Morgan fingerprint density at radius 2 is 1.80 bits per heavy atom. The van der Waals surface area contributed by atoms with Crippen LogP contribution in [0.5, 0.6) is 0 Å². The Morgan fingerprint density at radius 3 is 2.35 bits per heavy atom. The quantitative estimate of drug-likeness (QED) is 0.734. The SMILES string of the molecule is CN(C)C(=O)CN1CCC[C@@]12CCCN(S(C)(=O)=O)C2. The van der Waals surface area contributed by atoms with Crippen molar-refractivity contribution in [2.45, 2.75) is 31.2 Å². The molecule has 0 aromatic carbocycles. The molecule has 0 N–H and O–H groups in total. The summed E-state index contributed by atoms with van der Waals surface area (Å²) in [6, 6.07) is 0. The van der Waals surface area contributed by atoms with Gasteiger partial charge >= 0.3 is 0 Å². The standard InChI is InChI=1S/C13H25N3O3S/c1-14(2)12(17)10-15-8-4-6-13(15)7-5-9-16(11-13)20(3,18)19/h4-11H2,1-3H3/t13-/m0/s1. The van der Waals surface area contributed by atoms with Crippen molar-refractivity contribution in [3.63, 3.8) is 0 Å². The van der Waals surface area contributed by atoms with Crippen LogP contribution in [-0.2, 0) is 14.8 Å². The Bertz CT molecular complexity index is 477. The zero-order valence-corrected chi connectivity index (χ0v) is 13.4. The van der Waals surface area contributed by atoms with Gasteiger partial charge in [0.1, 0.15) is 0 Å². The molecular weight excluding hydrogens is 278 g/mol. The number of carbonyl (C=O) groups excluding carboxylic acids is 1. The normalized spacial score (nSPS) is 28.9. The highest BCUT2D eigenvalue weighted by molar-refractivity contribution is 7.88. The zero-order valence-electron chi connectivity index (χ0n) is 12.6. The third kappa shape index (κ3) is 3.15. The average molecular weight is 303 g/mol. The van der Waals surface area contributed by atoms with E-state index in [0.717, 1.165) is 32.2 Å². The lowest BCUT2D eigenvalue weighted by atomic mass is 9.87. The molecule has 7 heteroatoms. The van der Waals surface area contributed by atoms with E-state index in [4.69, 9.17) is 0 Å². The number of likely N-dealkylation sites (N-methyl/N-ethyl adjacent to an activating group) is 1. The summed E-state index contributed by atoms with van der Waals surface area (Å²) in [5, 5.41) is 0. The van der Waals surface area contributed by atoms with Gasteiger partial charge in [0.05, 0.1) is 12.8 Å². The lowest BCUT2D eigenvalue weighted by Gasteiger charge is -2.45. The van der Waals surface area contributed by atoms with Gasteiger partial charge in [-0.15, -0.1) is 0 Å². The third-order valence-electron chi connectivity index (χ3n) is 4.56. The fraction of sp³-hybridized carbons (Fsp3) is 0.923. The van der Waals surface area contributed by atoms with Gasteiger partial charge in [-0.05, 0) is 32.2 Å². The predicted molar refractivity (Wildman–Crippen MR) is 77.9 cm³/mol. The van der Waals surface area contributed by atoms with Gasteiger partial charge in [0.25, 0.3) is 0 Å². The fourth-order valence-electron chi connectivity index (χ4n) is 3.36. The number of nitrogens with zero attached hydrogens (tertiary/aromatic N) is 3. The zero-order chi connectivity index (χ0) is 15.0. The third-order valence-corrected chi connectivity index (χ3v) is 5.80. The summed E-state index contributed by atoms with van der Waals surface area (Å²) in [4.78, 5) is 15.8. The van der Waals surface area contributed by atoms with E-state index in [1.54, 1.807) is 23.3 Å². The monoisotopic (exact) mass is 303 g/mol. The molecule has 1 atom stereocenters. The minimum atomic E-state index is -3.15. The summed E-state index contributed by atoms with van der Waals surface area (Å²) in [6.45, 7) is 2.42. The van der Waals surface area contributed by atoms with E-state index in [1.165, 1.54) is 6.26 Å². The van der Waals surface area contributed by atoms with Crippen LogP contribution < -0.4 is 0 Å². The smallest absolute Gasteiger partial charge is 0.236 e. The largest absolute Gasteiger partial charge is 0.348 e. The summed E-state index contributed by atoms with van der Waals surface area (Å²) in [7, 11) is 0.371. The predicted octanol–water partition coefficient (Wildman–Crippen LogP) is -0.0354. The van der Waals surface area contributed by atoms with Crippen molar-refractivity contribution in [1.29, 1.82) is 0 Å². The van der Waals surface area contributed by atoms with Crippen LogP contribution in [-0.4, -0.2) is 80.5 Å². The Hall–Kier alpha value is -0.660. The van der Waals surface area contributed by atoms with Gasteiger partial charge in [0, 0.05) is 32.7 Å². The lowest BCUT2D eigenvalue weighted by Crippen LogP contribution is -2.58. The second-order valence-corrected chi connectivity index (χ2v) is 8.22. The summed E-state index contributed by atoms with van der Waals surface area (Å²) >= 11 is 0. The molecule has 2 aliphatic heterocycles. The van der Waals surface area contributed by atoms with Crippen LogP contribution in [0.25, 0.3) is 0 Å². The first-order chi connectivity index (χ1) is 9.24. The lowest BCUT2D eigenvalue weighted by molar-refractivity contribution is -0.131. The molecule has 0 saturated carbocycles. The first-order valence-electron chi connectivity index (χ1n) is 7.15. The van der Waals surface area contributed by atoms with E-state index in [0.29, 0.717) is 19.6 Å². The first-order valence-corrected chi connectivity index (χ1v) is 9.00. The first kappa shape index (κ1) is 15.7. The van der Waals surface area contributed by atoms with Crippen molar-refractivity contribution < 1.29 is 13.2 Å². The Morgan fingerprint density at radius 1 is 1.20 bits per heavy atom. The van der Waals surface area contributed by atoms with Crippen molar-refractivity contribution in [3.05, 3.63) is 0 Å². The molecule has 0 aromatic heterocycles. The molecule has 2 fully saturated rings. The second-order valence-electron chi connectivity index (χ2n) is 6.24. The topological polar surface area (TPSA) is 60.9 Å². The number of sulfonamides is 1. The molecule has 2 saturated heterocycles. The summed E-state index contributed by atoms with van der Waals surface area (Å²) in [5.74, 6) is 0.0859. The van der Waals surface area contributed by atoms with Crippen LogP contribution in [0.15, 0.2) is 0 Å². The van der Waals surface area contributed by atoms with Crippen molar-refractivity contribution in [3.8, 4) is 0 Å². The maximum Gasteiger partial charge on any atom is 0.236 e. The van der Waals surface area contributed by atoms with Crippen LogP contribution in [0.3, 0.4) is 0 Å². The summed E-state index contributed by atoms with van der Waals surface area (Å²) in [6.07, 6.45) is 5.16. The number of rotatable bonds is 3. The molecule has 2 aliphatic rings. The molecule has 0 unspecified atom stereocenters. The molecule has 0 aliphatic carbocycles. The van der Waals surface area contributed by atoms with Gasteiger partial charge in [0.2, 0.25) is 15.9 Å². The van der Waals surface area contributed by atoms with E-state index in [1.807, 2.05) is 0 Å². The maximum atomic E-state index is 12.0. The number of hydrogen-bond acceptors (Lipinski definition) is 4. The summed E-state index contributed by atoms with van der Waals surface area (Å²) in [5.41, 5.74) is -0.132. The molecule has 6 nitrogen and oxygen atoms in total. The van der Waals surface area contributed by atoms with Crippen LogP contribution in [0.1, 0.15) is 25.7 Å². The van der Waals surface area contributed by atoms with E-state index >= 15 is 0 Å². The molecular formula is C13H25N3O3S. The van der Waals surface area contributed by atoms with Crippen LogP contribution in [0, 0.1) is 0 Å². The maximum absolute atomic E-state index is 12.0. The molecule has 116 valence electrons. The van der Waals surface area contributed by atoms with Crippen LogP contribution in [0.4, 0.5) is 0 Å². The van der Waals surface area contributed by atoms with Crippen LogP contribution in [0.2, 0.25) is 0 Å². The summed E-state index contributed by atoms with van der Waals surface area (Å²) < 4.78 is 25.2. The number of carbonyl (C=O) groups is 1. The minimum Gasteiger partial charge on any atom is -0.348 e. The van der Waals surface area contributed by atoms with Gasteiger partial charge in [0.15, 0.2) is 0 Å². The van der Waals surface area contributed by atoms with E-state index in [-0.39, 0.29) is 11.4 Å². The number of hydrogen-bond donors (Lipinski definition) is 0. The molecule has 2 heterocycles. The van der Waals surface area contributed by atoms with Gasteiger partial charge in [-0.25, -0.2) is 12.7 Å². The van der Waals surface area contributed by atoms with Crippen molar-refractivity contribution in [2.75, 3.05) is 46.5 Å². The van der Waals surface area contributed by atoms with Crippen molar-refractivity contribution >= 4 is 15.9 Å². The molecule has 2 rings (SSSR count). The number of amides is 1. The highest BCUT2D eigenvalue weighted by atomic mass is 32.2. The van der Waals surface area contributed by atoms with Crippen molar-refractivity contribution in [2.24, 2.45) is 0 Å². The molecule has 20 heavy (non-hydrogen) atoms. The molecule has 0 bridgehead atoms. The van der Waals surface area contributed by atoms with Gasteiger partial charge in [-0.3, -0.25) is 9.69 Å². The molecule has 1 spiro atoms. The van der Waals surface area contributed by atoms with Crippen molar-refractivity contribution in [1.82, 2.24) is 14.1 Å². The van der Waals surface area contributed by atoms with E-state index < -0.39 is 10.0 Å². The number of piperidine rings is 1. The molecule has 0 aromatic rings. The van der Waals surface area contributed by atoms with Gasteiger partial charge in [-0.2, -0.15) is 0 Å². The fourth-order valence-corrected chi connectivity index (χ4v) is 4.30. The Balaban J connectivity index is 2.13. The van der Waals surface area contributed by atoms with Gasteiger partial charge < -0.3 is 4.90 Å².